The Labute approximate surface area is 140 Å². The number of allylic oxidation sites excluding steroid dienone is 1. The number of benzene rings is 1. The molecule has 1 aromatic rings. The first kappa shape index (κ1) is 17.7. The summed E-state index contributed by atoms with van der Waals surface area (Å²) in [6.45, 7) is 4.60. The summed E-state index contributed by atoms with van der Waals surface area (Å²) in [6, 6.07) is 9.30. The van der Waals surface area contributed by atoms with Crippen LogP contribution in [0.15, 0.2) is 41.6 Å². The summed E-state index contributed by atoms with van der Waals surface area (Å²) in [7, 11) is 0. The van der Waals surface area contributed by atoms with Gasteiger partial charge in [0.25, 0.3) is 0 Å². The van der Waals surface area contributed by atoms with Crippen molar-refractivity contribution < 1.29 is 23.9 Å². The molecule has 0 spiro atoms. The SMILES string of the molecule is CC1=C(C(=O)OCOC(=O)C(C)C)[C@@H](c2ccccc2)CC(=O)N1. The lowest BCUT2D eigenvalue weighted by atomic mass is 9.84. The Morgan fingerprint density at radius 3 is 2.50 bits per heavy atom. The van der Waals surface area contributed by atoms with Gasteiger partial charge in [0.15, 0.2) is 0 Å². The van der Waals surface area contributed by atoms with Gasteiger partial charge < -0.3 is 14.8 Å². The van der Waals surface area contributed by atoms with Gasteiger partial charge >= 0.3 is 11.9 Å². The summed E-state index contributed by atoms with van der Waals surface area (Å²) < 4.78 is 9.94. The van der Waals surface area contributed by atoms with Crippen LogP contribution in [-0.4, -0.2) is 24.6 Å². The van der Waals surface area contributed by atoms with Crippen molar-refractivity contribution in [2.75, 3.05) is 6.79 Å². The third kappa shape index (κ3) is 4.22. The molecule has 0 saturated carbocycles. The first-order valence-corrected chi connectivity index (χ1v) is 7.79. The number of carbonyl (C=O) groups excluding carboxylic acids is 3. The van der Waals surface area contributed by atoms with Crippen LogP contribution < -0.4 is 5.32 Å². The van der Waals surface area contributed by atoms with Gasteiger partial charge in [0.05, 0.1) is 11.5 Å². The second kappa shape index (κ2) is 7.77. The van der Waals surface area contributed by atoms with Gasteiger partial charge in [-0.3, -0.25) is 9.59 Å². The predicted molar refractivity (Wildman–Crippen MR) is 86.5 cm³/mol. The van der Waals surface area contributed by atoms with E-state index in [1.807, 2.05) is 30.3 Å². The normalized spacial score (nSPS) is 17.5. The van der Waals surface area contributed by atoms with Crippen LogP contribution in [-0.2, 0) is 23.9 Å². The molecule has 24 heavy (non-hydrogen) atoms. The molecule has 0 unspecified atom stereocenters. The van der Waals surface area contributed by atoms with Crippen LogP contribution in [0.3, 0.4) is 0 Å². The van der Waals surface area contributed by atoms with Crippen molar-refractivity contribution in [3.8, 4) is 0 Å². The van der Waals surface area contributed by atoms with Crippen LogP contribution in [0.4, 0.5) is 0 Å². The standard InChI is InChI=1S/C18H21NO5/c1-11(2)17(21)23-10-24-18(22)16-12(3)19-15(20)9-14(16)13-7-5-4-6-8-13/h4-8,11,14H,9-10H2,1-3H3,(H,19,20)/t14-/m1/s1. The highest BCUT2D eigenvalue weighted by Gasteiger charge is 2.32. The quantitative estimate of drug-likeness (QED) is 0.661. The highest BCUT2D eigenvalue weighted by atomic mass is 16.7. The van der Waals surface area contributed by atoms with E-state index in [9.17, 15) is 14.4 Å². The zero-order valence-electron chi connectivity index (χ0n) is 14.0. The molecule has 128 valence electrons. The van der Waals surface area contributed by atoms with Crippen LogP contribution in [0.2, 0.25) is 0 Å². The fourth-order valence-electron chi connectivity index (χ4n) is 2.53. The number of hydrogen-bond donors (Lipinski definition) is 1. The van der Waals surface area contributed by atoms with Gasteiger partial charge in [-0.05, 0) is 12.5 Å². The molecule has 6 nitrogen and oxygen atoms in total. The number of ether oxygens (including phenoxy) is 2. The van der Waals surface area contributed by atoms with Crippen molar-refractivity contribution in [2.24, 2.45) is 5.92 Å². The van der Waals surface area contributed by atoms with E-state index in [4.69, 9.17) is 9.47 Å². The number of amides is 1. The summed E-state index contributed by atoms with van der Waals surface area (Å²) >= 11 is 0. The van der Waals surface area contributed by atoms with E-state index >= 15 is 0 Å². The monoisotopic (exact) mass is 331 g/mol. The molecule has 6 heteroatoms. The van der Waals surface area contributed by atoms with Gasteiger partial charge in [-0.1, -0.05) is 44.2 Å². The summed E-state index contributed by atoms with van der Waals surface area (Å²) in [5.41, 5.74) is 1.69. The highest BCUT2D eigenvalue weighted by molar-refractivity contribution is 5.95. The zero-order chi connectivity index (χ0) is 17.7. The van der Waals surface area contributed by atoms with Crippen molar-refractivity contribution in [3.05, 3.63) is 47.2 Å². The summed E-state index contributed by atoms with van der Waals surface area (Å²) in [5, 5.41) is 2.66. The zero-order valence-corrected chi connectivity index (χ0v) is 14.0. The third-order valence-corrected chi connectivity index (χ3v) is 3.75. The Morgan fingerprint density at radius 2 is 1.88 bits per heavy atom. The first-order chi connectivity index (χ1) is 11.4. The fraction of sp³-hybridized carbons (Fsp3) is 0.389. The second-order valence-electron chi connectivity index (χ2n) is 5.92. The number of rotatable bonds is 5. The molecule has 1 N–H and O–H groups in total. The Hall–Kier alpha value is -2.63. The van der Waals surface area contributed by atoms with Crippen LogP contribution >= 0.6 is 0 Å². The Balaban J connectivity index is 2.14. The fourth-order valence-corrected chi connectivity index (χ4v) is 2.53. The molecule has 0 bridgehead atoms. The number of carbonyl (C=O) groups is 3. The van der Waals surface area contributed by atoms with Crippen LogP contribution in [0.5, 0.6) is 0 Å². The van der Waals surface area contributed by atoms with Crippen molar-refractivity contribution in [1.29, 1.82) is 0 Å². The van der Waals surface area contributed by atoms with Crippen LogP contribution in [0.25, 0.3) is 0 Å². The van der Waals surface area contributed by atoms with E-state index in [-0.39, 0.29) is 24.2 Å². The molecule has 0 fully saturated rings. The topological polar surface area (TPSA) is 81.7 Å². The maximum atomic E-state index is 12.4. The molecule has 1 heterocycles. The molecule has 1 aliphatic heterocycles. The average Bonchev–Trinajstić information content (AvgIpc) is 2.54. The van der Waals surface area contributed by atoms with E-state index in [1.54, 1.807) is 20.8 Å². The molecule has 0 radical (unpaired) electrons. The van der Waals surface area contributed by atoms with Gasteiger partial charge in [-0.25, -0.2) is 4.79 Å². The second-order valence-corrected chi connectivity index (χ2v) is 5.92. The molecular weight excluding hydrogens is 310 g/mol. The minimum atomic E-state index is -0.599. The van der Waals surface area contributed by atoms with Crippen LogP contribution in [0, 0.1) is 5.92 Å². The lowest BCUT2D eigenvalue weighted by Gasteiger charge is -2.26. The maximum Gasteiger partial charge on any atom is 0.339 e. The smallest absolute Gasteiger partial charge is 0.339 e. The Bertz CT molecular complexity index is 663. The molecule has 2 rings (SSSR count). The lowest BCUT2D eigenvalue weighted by Crippen LogP contribution is -2.34. The van der Waals surface area contributed by atoms with Crippen molar-refractivity contribution in [1.82, 2.24) is 5.32 Å². The lowest BCUT2D eigenvalue weighted by molar-refractivity contribution is -0.167. The largest absolute Gasteiger partial charge is 0.428 e. The van der Waals surface area contributed by atoms with Crippen molar-refractivity contribution >= 4 is 17.8 Å². The highest BCUT2D eigenvalue weighted by Crippen LogP contribution is 2.33. The van der Waals surface area contributed by atoms with Gasteiger partial charge in [0.1, 0.15) is 0 Å². The van der Waals surface area contributed by atoms with Gasteiger partial charge in [-0.15, -0.1) is 0 Å². The number of nitrogens with one attached hydrogen (secondary N) is 1. The van der Waals surface area contributed by atoms with E-state index < -0.39 is 18.7 Å². The van der Waals surface area contributed by atoms with E-state index in [0.717, 1.165) is 5.56 Å². The minimum absolute atomic E-state index is 0.149. The molecule has 0 aliphatic carbocycles. The molecule has 1 aliphatic rings. The van der Waals surface area contributed by atoms with E-state index in [2.05, 4.69) is 5.32 Å². The molecule has 0 aromatic heterocycles. The van der Waals surface area contributed by atoms with Crippen molar-refractivity contribution in [2.45, 2.75) is 33.1 Å². The number of esters is 2. The first-order valence-electron chi connectivity index (χ1n) is 7.79. The van der Waals surface area contributed by atoms with Gasteiger partial charge in [0, 0.05) is 18.0 Å². The maximum absolute atomic E-state index is 12.4. The molecule has 0 saturated heterocycles. The average molecular weight is 331 g/mol. The Morgan fingerprint density at radius 1 is 1.21 bits per heavy atom. The number of hydrogen-bond acceptors (Lipinski definition) is 5. The van der Waals surface area contributed by atoms with Crippen molar-refractivity contribution in [3.63, 3.8) is 0 Å². The Kier molecular flexibility index (Phi) is 5.73. The van der Waals surface area contributed by atoms with E-state index in [0.29, 0.717) is 11.3 Å². The summed E-state index contributed by atoms with van der Waals surface area (Å²) in [6.07, 6.45) is 0.164. The third-order valence-electron chi connectivity index (χ3n) is 3.75. The van der Waals surface area contributed by atoms with Gasteiger partial charge in [0.2, 0.25) is 12.7 Å². The minimum Gasteiger partial charge on any atom is -0.428 e. The molecule has 1 atom stereocenters. The predicted octanol–water partition coefficient (Wildman–Crippen LogP) is 2.26. The molecule has 1 aromatic carbocycles. The summed E-state index contributed by atoms with van der Waals surface area (Å²) in [4.78, 5) is 35.7. The van der Waals surface area contributed by atoms with Gasteiger partial charge in [-0.2, -0.15) is 0 Å². The summed E-state index contributed by atoms with van der Waals surface area (Å²) in [5.74, 6) is -1.86. The molecule has 1 amide bonds. The van der Waals surface area contributed by atoms with Crippen LogP contribution in [0.1, 0.15) is 38.7 Å². The molecular formula is C18H21NO5. The van der Waals surface area contributed by atoms with E-state index in [1.165, 1.54) is 0 Å².